The van der Waals surface area contributed by atoms with Crippen molar-refractivity contribution in [3.63, 3.8) is 0 Å². The van der Waals surface area contributed by atoms with Crippen molar-refractivity contribution in [2.75, 3.05) is 52.4 Å². The van der Waals surface area contributed by atoms with Gasteiger partial charge < -0.3 is 9.47 Å². The third-order valence-electron chi connectivity index (χ3n) is 11.9. The van der Waals surface area contributed by atoms with Crippen LogP contribution in [0.15, 0.2) is 121 Å². The molecule has 57 heavy (non-hydrogen) atoms. The van der Waals surface area contributed by atoms with Crippen LogP contribution < -0.4 is 0 Å². The zero-order valence-corrected chi connectivity index (χ0v) is 35.7. The first-order chi connectivity index (χ1) is 27.8. The summed E-state index contributed by atoms with van der Waals surface area (Å²) in [5.41, 5.74) is 5.53. The van der Waals surface area contributed by atoms with Crippen molar-refractivity contribution in [1.82, 2.24) is 19.6 Å². The highest BCUT2D eigenvalue weighted by Crippen LogP contribution is 2.31. The van der Waals surface area contributed by atoms with Gasteiger partial charge in [0, 0.05) is 52.4 Å². The van der Waals surface area contributed by atoms with Gasteiger partial charge in [-0.15, -0.1) is 0 Å². The van der Waals surface area contributed by atoms with E-state index in [1.54, 1.807) is 0 Å². The highest BCUT2D eigenvalue weighted by molar-refractivity contribution is 5.17. The molecule has 0 aromatic heterocycles. The second-order valence-electron chi connectivity index (χ2n) is 17.8. The van der Waals surface area contributed by atoms with E-state index in [2.05, 4.69) is 169 Å². The molecule has 0 spiro atoms. The lowest BCUT2D eigenvalue weighted by Gasteiger charge is -2.33. The molecular weight excluding hydrogens is 701 g/mol. The molecule has 2 aliphatic rings. The summed E-state index contributed by atoms with van der Waals surface area (Å²) in [4.78, 5) is 10.7. The summed E-state index contributed by atoms with van der Waals surface area (Å²) in [7, 11) is 0. The number of benzene rings is 4. The molecule has 0 N–H and O–H groups in total. The van der Waals surface area contributed by atoms with E-state index in [4.69, 9.17) is 9.47 Å². The van der Waals surface area contributed by atoms with E-state index in [9.17, 15) is 0 Å². The molecule has 4 aromatic carbocycles. The van der Waals surface area contributed by atoms with Crippen LogP contribution >= 0.6 is 0 Å². The Hall–Kier alpha value is -3.36. The van der Waals surface area contributed by atoms with Crippen molar-refractivity contribution in [3.05, 3.63) is 144 Å². The summed E-state index contributed by atoms with van der Waals surface area (Å²) in [6, 6.07) is 44.1. The largest absolute Gasteiger partial charge is 0.343 e. The molecule has 4 atom stereocenters. The van der Waals surface area contributed by atoms with Crippen molar-refractivity contribution in [2.24, 2.45) is 11.8 Å². The summed E-state index contributed by atoms with van der Waals surface area (Å²) >= 11 is 0. The first-order valence-electron chi connectivity index (χ1n) is 22.2. The normalized spacial score (nSPS) is 24.9. The number of rotatable bonds is 8. The Morgan fingerprint density at radius 2 is 0.737 bits per heavy atom. The maximum Gasteiger partial charge on any atom is 0.163 e. The van der Waals surface area contributed by atoms with Crippen LogP contribution in [0.1, 0.15) is 88.5 Å². The zero-order chi connectivity index (χ0) is 39.7. The van der Waals surface area contributed by atoms with Crippen LogP contribution in [-0.4, -0.2) is 90.0 Å². The van der Waals surface area contributed by atoms with E-state index in [1.165, 1.54) is 60.8 Å². The third kappa shape index (κ3) is 15.4. The van der Waals surface area contributed by atoms with E-state index in [-0.39, 0.29) is 12.2 Å². The van der Waals surface area contributed by atoms with E-state index in [0.29, 0.717) is 11.8 Å². The summed E-state index contributed by atoms with van der Waals surface area (Å²) in [6.45, 7) is 21.3. The lowest BCUT2D eigenvalue weighted by atomic mass is 10.0. The second-order valence-corrected chi connectivity index (χ2v) is 17.8. The van der Waals surface area contributed by atoms with Crippen LogP contribution in [-0.2, 0) is 35.7 Å². The van der Waals surface area contributed by atoms with Crippen LogP contribution in [0.4, 0.5) is 0 Å². The average molecular weight is 773 g/mol. The molecule has 2 fully saturated rings. The van der Waals surface area contributed by atoms with Crippen LogP contribution in [0.25, 0.3) is 0 Å². The van der Waals surface area contributed by atoms with Gasteiger partial charge in [0.05, 0.1) is 0 Å². The molecule has 2 unspecified atom stereocenters. The molecule has 0 amide bonds. The number of nitrogens with zero attached hydrogens (tertiary/aromatic N) is 4. The molecule has 6 nitrogen and oxygen atoms in total. The first-order valence-corrected chi connectivity index (χ1v) is 22.2. The Bertz CT molecular complexity index is 1530. The summed E-state index contributed by atoms with van der Waals surface area (Å²) < 4.78 is 13.7. The first kappa shape index (κ1) is 43.2. The van der Waals surface area contributed by atoms with Gasteiger partial charge in [0.15, 0.2) is 5.79 Å². The lowest BCUT2D eigenvalue weighted by Crippen LogP contribution is -2.45. The Labute approximate surface area is 346 Å². The van der Waals surface area contributed by atoms with E-state index < -0.39 is 5.79 Å². The van der Waals surface area contributed by atoms with Crippen molar-refractivity contribution in [1.29, 1.82) is 0 Å². The summed E-state index contributed by atoms with van der Waals surface area (Å²) in [5.74, 6) is 0.472. The average Bonchev–Trinajstić information content (AvgIpc) is 3.49. The molecule has 0 bridgehead atoms. The standard InChI is InChI=1S/C51H72N4O2/c1-43-29-33-52(37-45-21-11-7-12-22-45)31-19-5-6-20-32-53(38-46-23-13-8-14-24-46)34-30-44(2)36-55(40-48-27-17-10-18-28-48)42-50-49(56-51(3,4)57-50)41-54(35-43)39-47-25-15-9-16-26-47/h7-18,21-28,43-44,49-50H,5-6,19-20,29-42H2,1-4H3/t43?,44?,49-,50-/m0/s1. The van der Waals surface area contributed by atoms with Crippen molar-refractivity contribution < 1.29 is 9.47 Å². The molecule has 0 aliphatic carbocycles. The summed E-state index contributed by atoms with van der Waals surface area (Å²) in [6.07, 6.45) is 7.40. The van der Waals surface area contributed by atoms with Gasteiger partial charge in [-0.3, -0.25) is 19.6 Å². The van der Waals surface area contributed by atoms with E-state index in [1.807, 2.05) is 0 Å². The highest BCUT2D eigenvalue weighted by atomic mass is 16.8. The van der Waals surface area contributed by atoms with Crippen molar-refractivity contribution in [3.8, 4) is 0 Å². The molecule has 0 saturated carbocycles. The predicted molar refractivity (Wildman–Crippen MR) is 237 cm³/mol. The Morgan fingerprint density at radius 3 is 1.07 bits per heavy atom. The third-order valence-corrected chi connectivity index (χ3v) is 11.9. The van der Waals surface area contributed by atoms with E-state index in [0.717, 1.165) is 78.5 Å². The second kappa shape index (κ2) is 22.7. The van der Waals surface area contributed by atoms with Crippen LogP contribution in [0.2, 0.25) is 0 Å². The monoisotopic (exact) mass is 773 g/mol. The van der Waals surface area contributed by atoms with Crippen molar-refractivity contribution in [2.45, 2.75) is 110 Å². The van der Waals surface area contributed by atoms with Gasteiger partial charge in [0.1, 0.15) is 12.2 Å². The van der Waals surface area contributed by atoms with Crippen molar-refractivity contribution >= 4 is 0 Å². The fourth-order valence-electron chi connectivity index (χ4n) is 8.94. The summed E-state index contributed by atoms with van der Waals surface area (Å²) in [5, 5.41) is 0. The molecule has 0 radical (unpaired) electrons. The molecule has 6 heteroatoms. The minimum absolute atomic E-state index is 0.0155. The van der Waals surface area contributed by atoms with Gasteiger partial charge in [-0.05, 0) is 99.8 Å². The van der Waals surface area contributed by atoms with Gasteiger partial charge in [0.2, 0.25) is 0 Å². The van der Waals surface area contributed by atoms with Gasteiger partial charge in [-0.25, -0.2) is 0 Å². The zero-order valence-electron chi connectivity index (χ0n) is 35.7. The quantitative estimate of drug-likeness (QED) is 0.177. The van der Waals surface area contributed by atoms with Crippen LogP contribution in [0, 0.1) is 11.8 Å². The number of ether oxygens (including phenoxy) is 2. The Balaban J connectivity index is 1.23. The molecule has 2 heterocycles. The highest BCUT2D eigenvalue weighted by Gasteiger charge is 2.43. The SMILES string of the molecule is CC1CCN(Cc2ccccc2)CCCCCCN(Cc2ccccc2)CCC(C)CN(Cc2ccccc2)C[C@@H]2OC(C)(C)O[C@H]2CN(Cc2ccccc2)C1. The topological polar surface area (TPSA) is 31.4 Å². The van der Waals surface area contributed by atoms with Crippen LogP contribution in [0.5, 0.6) is 0 Å². The molecule has 2 saturated heterocycles. The predicted octanol–water partition coefficient (Wildman–Crippen LogP) is 10.1. The smallest absolute Gasteiger partial charge is 0.163 e. The molecule has 6 rings (SSSR count). The minimum atomic E-state index is -0.619. The van der Waals surface area contributed by atoms with Gasteiger partial charge in [-0.2, -0.15) is 0 Å². The maximum absolute atomic E-state index is 6.83. The van der Waals surface area contributed by atoms with Gasteiger partial charge in [-0.1, -0.05) is 148 Å². The fourth-order valence-corrected chi connectivity index (χ4v) is 8.94. The number of hydrogen-bond donors (Lipinski definition) is 0. The minimum Gasteiger partial charge on any atom is -0.343 e. The Kier molecular flexibility index (Phi) is 17.2. The molecular formula is C51H72N4O2. The lowest BCUT2D eigenvalue weighted by molar-refractivity contribution is -0.149. The molecule has 2 aliphatic heterocycles. The van der Waals surface area contributed by atoms with Gasteiger partial charge >= 0.3 is 0 Å². The Morgan fingerprint density at radius 1 is 0.421 bits per heavy atom. The molecule has 4 aromatic rings. The molecule has 308 valence electrons. The number of hydrogen-bond acceptors (Lipinski definition) is 6. The van der Waals surface area contributed by atoms with Crippen LogP contribution in [0.3, 0.4) is 0 Å². The van der Waals surface area contributed by atoms with Gasteiger partial charge in [0.25, 0.3) is 0 Å². The maximum atomic E-state index is 6.83. The van der Waals surface area contributed by atoms with E-state index >= 15 is 0 Å². The number of fused-ring (bicyclic) bond motifs is 1. The fraction of sp³-hybridized carbons (Fsp3) is 0.529.